The van der Waals surface area contributed by atoms with Crippen molar-refractivity contribution in [3.63, 3.8) is 0 Å². The van der Waals surface area contributed by atoms with E-state index in [-0.39, 0.29) is 29.6 Å². The van der Waals surface area contributed by atoms with Gasteiger partial charge in [-0.25, -0.2) is 4.39 Å². The summed E-state index contributed by atoms with van der Waals surface area (Å²) in [5, 5.41) is 2.83. The predicted molar refractivity (Wildman–Crippen MR) is 89.7 cm³/mol. The van der Waals surface area contributed by atoms with E-state index in [0.717, 1.165) is 5.56 Å². The zero-order chi connectivity index (χ0) is 17.1. The normalized spacial score (nSPS) is 20.8. The van der Waals surface area contributed by atoms with E-state index >= 15 is 0 Å². The second kappa shape index (κ2) is 6.83. The first-order valence-electron chi connectivity index (χ1n) is 7.93. The van der Waals surface area contributed by atoms with Gasteiger partial charge in [0.1, 0.15) is 5.82 Å². The van der Waals surface area contributed by atoms with Crippen LogP contribution in [0.4, 0.5) is 10.1 Å². The maximum absolute atomic E-state index is 13.0. The minimum Gasteiger partial charge on any atom is -0.338 e. The van der Waals surface area contributed by atoms with Crippen LogP contribution in [0, 0.1) is 11.7 Å². The Hall–Kier alpha value is -2.69. The minimum atomic E-state index is -0.349. The molecule has 124 valence electrons. The van der Waals surface area contributed by atoms with Crippen LogP contribution in [0.3, 0.4) is 0 Å². The fraction of sp³-hybridized carbons (Fsp3) is 0.263. The van der Waals surface area contributed by atoms with E-state index < -0.39 is 0 Å². The van der Waals surface area contributed by atoms with Crippen molar-refractivity contribution in [1.29, 1.82) is 0 Å². The molecule has 1 aliphatic heterocycles. The van der Waals surface area contributed by atoms with Gasteiger partial charge in [-0.3, -0.25) is 9.59 Å². The molecule has 1 heterocycles. The highest BCUT2D eigenvalue weighted by atomic mass is 19.1. The molecule has 1 aliphatic rings. The number of carbonyl (C=O) groups is 2. The fourth-order valence-corrected chi connectivity index (χ4v) is 3.19. The van der Waals surface area contributed by atoms with Crippen molar-refractivity contribution in [2.45, 2.75) is 18.9 Å². The first kappa shape index (κ1) is 16.2. The highest BCUT2D eigenvalue weighted by Gasteiger charge is 2.38. The summed E-state index contributed by atoms with van der Waals surface area (Å²) in [5.41, 5.74) is 1.49. The van der Waals surface area contributed by atoms with Gasteiger partial charge < -0.3 is 10.2 Å². The van der Waals surface area contributed by atoms with Gasteiger partial charge in [0, 0.05) is 19.2 Å². The number of benzene rings is 2. The van der Waals surface area contributed by atoms with Crippen molar-refractivity contribution in [2.75, 3.05) is 12.4 Å². The SMILES string of the molecule is CN1C(=O)CC[C@@H](C(=O)Nc2ccc(F)cc2)[C@H]1c1ccccc1. The van der Waals surface area contributed by atoms with Crippen LogP contribution in [0.2, 0.25) is 0 Å². The van der Waals surface area contributed by atoms with Gasteiger partial charge in [-0.05, 0) is 36.2 Å². The maximum Gasteiger partial charge on any atom is 0.229 e. The number of rotatable bonds is 3. The van der Waals surface area contributed by atoms with E-state index in [2.05, 4.69) is 5.32 Å². The summed E-state index contributed by atoms with van der Waals surface area (Å²) in [7, 11) is 1.73. The van der Waals surface area contributed by atoms with Crippen molar-refractivity contribution < 1.29 is 14.0 Å². The number of amides is 2. The van der Waals surface area contributed by atoms with Crippen LogP contribution in [-0.4, -0.2) is 23.8 Å². The van der Waals surface area contributed by atoms with E-state index in [9.17, 15) is 14.0 Å². The van der Waals surface area contributed by atoms with Crippen LogP contribution in [0.25, 0.3) is 0 Å². The Labute approximate surface area is 140 Å². The number of likely N-dealkylation sites (tertiary alicyclic amines) is 1. The number of carbonyl (C=O) groups excluding carboxylic acids is 2. The lowest BCUT2D eigenvalue weighted by atomic mass is 9.84. The summed E-state index contributed by atoms with van der Waals surface area (Å²) in [6.45, 7) is 0. The lowest BCUT2D eigenvalue weighted by Crippen LogP contribution is -2.44. The Morgan fingerprint density at radius 3 is 2.46 bits per heavy atom. The molecule has 3 rings (SSSR count). The molecule has 0 bridgehead atoms. The lowest BCUT2D eigenvalue weighted by Gasteiger charge is -2.38. The van der Waals surface area contributed by atoms with Gasteiger partial charge in [0.25, 0.3) is 0 Å². The number of hydrogen-bond acceptors (Lipinski definition) is 2. The Morgan fingerprint density at radius 1 is 1.12 bits per heavy atom. The van der Waals surface area contributed by atoms with Gasteiger partial charge in [0.05, 0.1) is 12.0 Å². The molecular weight excluding hydrogens is 307 g/mol. The van der Waals surface area contributed by atoms with E-state index in [1.165, 1.54) is 24.3 Å². The number of halogens is 1. The van der Waals surface area contributed by atoms with Crippen LogP contribution in [0.5, 0.6) is 0 Å². The molecule has 1 saturated heterocycles. The van der Waals surface area contributed by atoms with Crippen LogP contribution in [0.1, 0.15) is 24.4 Å². The van der Waals surface area contributed by atoms with Crippen LogP contribution < -0.4 is 5.32 Å². The summed E-state index contributed by atoms with van der Waals surface area (Å²) in [4.78, 5) is 26.5. The lowest BCUT2D eigenvalue weighted by molar-refractivity contribution is -0.140. The molecule has 2 amide bonds. The topological polar surface area (TPSA) is 49.4 Å². The molecule has 4 nitrogen and oxygen atoms in total. The second-order valence-electron chi connectivity index (χ2n) is 6.00. The molecule has 0 spiro atoms. The average Bonchev–Trinajstić information content (AvgIpc) is 2.60. The van der Waals surface area contributed by atoms with Crippen LogP contribution in [0.15, 0.2) is 54.6 Å². The molecule has 5 heteroatoms. The largest absolute Gasteiger partial charge is 0.338 e. The van der Waals surface area contributed by atoms with Crippen LogP contribution >= 0.6 is 0 Å². The van der Waals surface area contributed by atoms with Crippen molar-refractivity contribution in [2.24, 2.45) is 5.92 Å². The Bertz CT molecular complexity index is 731. The van der Waals surface area contributed by atoms with E-state index in [1.54, 1.807) is 11.9 Å². The van der Waals surface area contributed by atoms with Gasteiger partial charge in [-0.2, -0.15) is 0 Å². The van der Waals surface area contributed by atoms with E-state index in [4.69, 9.17) is 0 Å². The third kappa shape index (κ3) is 3.30. The summed E-state index contributed by atoms with van der Waals surface area (Å²) >= 11 is 0. The van der Waals surface area contributed by atoms with Crippen molar-refractivity contribution in [3.05, 3.63) is 66.0 Å². The Balaban J connectivity index is 1.84. The van der Waals surface area contributed by atoms with Crippen LogP contribution in [-0.2, 0) is 9.59 Å². The summed E-state index contributed by atoms with van der Waals surface area (Å²) in [6.07, 6.45) is 0.844. The average molecular weight is 326 g/mol. The van der Waals surface area contributed by atoms with E-state index in [0.29, 0.717) is 18.5 Å². The molecule has 2 aromatic rings. The molecular formula is C19H19FN2O2. The number of piperidine rings is 1. The minimum absolute atomic E-state index is 0.0367. The monoisotopic (exact) mass is 326 g/mol. The molecule has 24 heavy (non-hydrogen) atoms. The summed E-state index contributed by atoms with van der Waals surface area (Å²) < 4.78 is 13.0. The second-order valence-corrected chi connectivity index (χ2v) is 6.00. The molecule has 0 aliphatic carbocycles. The van der Waals surface area contributed by atoms with Gasteiger partial charge in [-0.1, -0.05) is 30.3 Å². The first-order chi connectivity index (χ1) is 11.6. The molecule has 0 saturated carbocycles. The molecule has 0 unspecified atom stereocenters. The number of nitrogens with one attached hydrogen (secondary N) is 1. The van der Waals surface area contributed by atoms with Crippen molar-refractivity contribution in [1.82, 2.24) is 4.90 Å². The number of hydrogen-bond donors (Lipinski definition) is 1. The zero-order valence-electron chi connectivity index (χ0n) is 13.4. The number of anilines is 1. The third-order valence-corrected chi connectivity index (χ3v) is 4.45. The molecule has 2 aromatic carbocycles. The molecule has 1 fully saturated rings. The highest BCUT2D eigenvalue weighted by Crippen LogP contribution is 2.36. The molecule has 0 aromatic heterocycles. The fourth-order valence-electron chi connectivity index (χ4n) is 3.19. The molecule has 1 N–H and O–H groups in total. The molecule has 2 atom stereocenters. The molecule has 0 radical (unpaired) electrons. The van der Waals surface area contributed by atoms with Gasteiger partial charge in [0.15, 0.2) is 0 Å². The smallest absolute Gasteiger partial charge is 0.229 e. The first-order valence-corrected chi connectivity index (χ1v) is 7.93. The number of nitrogens with zero attached hydrogens (tertiary/aromatic N) is 1. The van der Waals surface area contributed by atoms with Gasteiger partial charge in [0.2, 0.25) is 11.8 Å². The van der Waals surface area contributed by atoms with E-state index in [1.807, 2.05) is 30.3 Å². The maximum atomic E-state index is 13.0. The van der Waals surface area contributed by atoms with Gasteiger partial charge in [-0.15, -0.1) is 0 Å². The van der Waals surface area contributed by atoms with Crippen molar-refractivity contribution in [3.8, 4) is 0 Å². The summed E-state index contributed by atoms with van der Waals surface area (Å²) in [6, 6.07) is 14.9. The predicted octanol–water partition coefficient (Wildman–Crippen LogP) is 3.37. The third-order valence-electron chi connectivity index (χ3n) is 4.45. The standard InChI is InChI=1S/C19H19FN2O2/c1-22-17(23)12-11-16(18(22)13-5-3-2-4-6-13)19(24)21-15-9-7-14(20)8-10-15/h2-10,16,18H,11-12H2,1H3,(H,21,24)/t16-,18-/m1/s1. The Morgan fingerprint density at radius 2 is 1.79 bits per heavy atom. The highest BCUT2D eigenvalue weighted by molar-refractivity contribution is 5.94. The Kier molecular flexibility index (Phi) is 4.60. The zero-order valence-corrected chi connectivity index (χ0v) is 13.4. The van der Waals surface area contributed by atoms with Gasteiger partial charge >= 0.3 is 0 Å². The van der Waals surface area contributed by atoms with Crippen molar-refractivity contribution >= 4 is 17.5 Å². The quantitative estimate of drug-likeness (QED) is 0.940. The summed E-state index contributed by atoms with van der Waals surface area (Å²) in [5.74, 6) is -0.817.